The van der Waals surface area contributed by atoms with E-state index in [1.807, 2.05) is 54.6 Å². The summed E-state index contributed by atoms with van der Waals surface area (Å²) in [4.78, 5) is 10.5. The zero-order chi connectivity index (χ0) is 51.1. The maximum atomic E-state index is 10.2. The zero-order valence-electron chi connectivity index (χ0n) is 41.0. The molecule has 0 amide bonds. The first kappa shape index (κ1) is 45.0. The van der Waals surface area contributed by atoms with Crippen molar-refractivity contribution in [1.82, 2.24) is 4.57 Å². The summed E-state index contributed by atoms with van der Waals surface area (Å²) >= 11 is 0. The van der Waals surface area contributed by atoms with Gasteiger partial charge < -0.3 is 19.3 Å². The topological polar surface area (TPSA) is 66.6 Å². The fourth-order valence-corrected chi connectivity index (χ4v) is 10.7. The Bertz CT molecular complexity index is 4370. The Hall–Kier alpha value is -10.9. The number of rotatable bonds is 10. The number of anilines is 9. The molecule has 1 aromatic heterocycles. The van der Waals surface area contributed by atoms with E-state index in [4.69, 9.17) is 6.57 Å². The Morgan fingerprint density at radius 2 is 0.671 bits per heavy atom. The minimum atomic E-state index is 0.553. The number of fused-ring (bicyclic) bond motifs is 6. The molecule has 0 aliphatic carbocycles. The van der Waals surface area contributed by atoms with Gasteiger partial charge in [-0.3, -0.25) is 0 Å². The third kappa shape index (κ3) is 8.12. The lowest BCUT2D eigenvalue weighted by atomic mass is 10.1. The van der Waals surface area contributed by atoms with Crippen LogP contribution in [0, 0.1) is 29.2 Å². The SMILES string of the molecule is [C-]#[N+]c1cccc(N(c2ccc3ccccc3c2)c2ccc3c(c2)c2cc(N(c4cccc(C#N)c4)c4ccc5ccccc5c4)ccc2n3-c2cccc(N(c3cccc(C#N)c3)c3ccc4ccccc4c3)c2)c1. The second-order valence-corrected chi connectivity index (χ2v) is 18.8. The van der Waals surface area contributed by atoms with Crippen molar-refractivity contribution < 1.29 is 0 Å². The number of hydrogen-bond acceptors (Lipinski definition) is 5. The molecular weight excluding hydrogens is 927 g/mol. The second-order valence-electron chi connectivity index (χ2n) is 18.8. The van der Waals surface area contributed by atoms with Gasteiger partial charge in [-0.15, -0.1) is 0 Å². The minimum Gasteiger partial charge on any atom is -0.312 e. The molecule has 7 nitrogen and oxygen atoms in total. The molecule has 7 heteroatoms. The van der Waals surface area contributed by atoms with Gasteiger partial charge in [0.1, 0.15) is 0 Å². The molecule has 0 N–H and O–H groups in total. The predicted molar refractivity (Wildman–Crippen MR) is 313 cm³/mol. The van der Waals surface area contributed by atoms with Gasteiger partial charge in [-0.1, -0.05) is 121 Å². The normalized spacial score (nSPS) is 11.1. The monoisotopic (exact) mass is 969 g/mol. The highest BCUT2D eigenvalue weighted by atomic mass is 15.2. The van der Waals surface area contributed by atoms with Gasteiger partial charge in [0.25, 0.3) is 0 Å². The highest BCUT2D eigenvalue weighted by Crippen LogP contribution is 2.45. The maximum absolute atomic E-state index is 10.2. The lowest BCUT2D eigenvalue weighted by Gasteiger charge is -2.27. The van der Waals surface area contributed by atoms with Crippen LogP contribution < -0.4 is 14.7 Å². The van der Waals surface area contributed by atoms with Crippen molar-refractivity contribution in [3.8, 4) is 17.8 Å². The third-order valence-electron chi connectivity index (χ3n) is 14.3. The third-order valence-corrected chi connectivity index (χ3v) is 14.3. The summed E-state index contributed by atoms with van der Waals surface area (Å²) in [5.74, 6) is 0. The quantitative estimate of drug-likeness (QED) is 0.128. The first-order chi connectivity index (χ1) is 37.5. The smallest absolute Gasteiger partial charge is 0.189 e. The summed E-state index contributed by atoms with van der Waals surface area (Å²) in [5.41, 5.74) is 12.9. The summed E-state index contributed by atoms with van der Waals surface area (Å²) in [6.07, 6.45) is 0. The van der Waals surface area contributed by atoms with Gasteiger partial charge in [-0.25, -0.2) is 4.85 Å². The molecule has 0 saturated heterocycles. The Morgan fingerprint density at radius 1 is 0.316 bits per heavy atom. The van der Waals surface area contributed by atoms with Gasteiger partial charge in [-0.05, 0) is 172 Å². The van der Waals surface area contributed by atoms with Gasteiger partial charge in [0.15, 0.2) is 5.69 Å². The summed E-state index contributed by atoms with van der Waals surface area (Å²) in [7, 11) is 0. The Kier molecular flexibility index (Phi) is 11.2. The molecule has 0 atom stereocenters. The molecule has 0 aliphatic heterocycles. The van der Waals surface area contributed by atoms with Crippen LogP contribution in [0.2, 0.25) is 0 Å². The van der Waals surface area contributed by atoms with Gasteiger partial charge in [0.05, 0.1) is 40.9 Å². The van der Waals surface area contributed by atoms with E-state index < -0.39 is 0 Å². The number of benzene rings is 12. The number of nitriles is 2. The average Bonchev–Trinajstić information content (AvgIpc) is 3.85. The molecule has 0 fully saturated rings. The molecule has 0 unspecified atom stereocenters. The van der Waals surface area contributed by atoms with Gasteiger partial charge >= 0.3 is 0 Å². The number of nitrogens with zero attached hydrogens (tertiary/aromatic N) is 7. The van der Waals surface area contributed by atoms with Crippen LogP contribution >= 0.6 is 0 Å². The second kappa shape index (κ2) is 18.9. The highest BCUT2D eigenvalue weighted by molar-refractivity contribution is 6.12. The first-order valence-electron chi connectivity index (χ1n) is 25.0. The Morgan fingerprint density at radius 3 is 1.11 bits per heavy atom. The van der Waals surface area contributed by atoms with Crippen molar-refractivity contribution in [3.63, 3.8) is 0 Å². The van der Waals surface area contributed by atoms with Crippen molar-refractivity contribution in [1.29, 1.82) is 10.5 Å². The van der Waals surface area contributed by atoms with Crippen molar-refractivity contribution in [2.45, 2.75) is 0 Å². The molecule has 354 valence electrons. The summed E-state index contributed by atoms with van der Waals surface area (Å²) in [6.45, 7) is 7.98. The zero-order valence-corrected chi connectivity index (χ0v) is 41.0. The largest absolute Gasteiger partial charge is 0.312 e. The fraction of sp³-hybridized carbons (Fsp3) is 0. The van der Waals surface area contributed by atoms with E-state index in [-0.39, 0.29) is 0 Å². The van der Waals surface area contributed by atoms with E-state index in [1.54, 1.807) is 0 Å². The van der Waals surface area contributed by atoms with Gasteiger partial charge in [-0.2, -0.15) is 10.5 Å². The van der Waals surface area contributed by atoms with Crippen LogP contribution in [0.15, 0.2) is 261 Å². The minimum absolute atomic E-state index is 0.553. The summed E-state index contributed by atoms with van der Waals surface area (Å²) < 4.78 is 2.34. The van der Waals surface area contributed by atoms with E-state index in [1.165, 1.54) is 0 Å². The molecule has 13 aromatic rings. The lowest BCUT2D eigenvalue weighted by molar-refractivity contribution is 1.17. The summed E-state index contributed by atoms with van der Waals surface area (Å²) in [5, 5.41) is 29.0. The van der Waals surface area contributed by atoms with E-state index in [0.717, 1.165) is 111 Å². The summed E-state index contributed by atoms with van der Waals surface area (Å²) in [6, 6.07) is 94.6. The van der Waals surface area contributed by atoms with E-state index in [2.05, 4.69) is 243 Å². The fourth-order valence-electron chi connectivity index (χ4n) is 10.7. The van der Waals surface area contributed by atoms with E-state index in [9.17, 15) is 10.5 Å². The number of hydrogen-bond donors (Lipinski definition) is 0. The molecule has 0 bridgehead atoms. The first-order valence-corrected chi connectivity index (χ1v) is 25.0. The number of aromatic nitrogens is 1. The molecule has 12 aromatic carbocycles. The van der Waals surface area contributed by atoms with E-state index >= 15 is 0 Å². The van der Waals surface area contributed by atoms with Crippen LogP contribution in [0.4, 0.5) is 56.9 Å². The van der Waals surface area contributed by atoms with Crippen LogP contribution in [0.1, 0.15) is 11.1 Å². The van der Waals surface area contributed by atoms with Crippen LogP contribution in [0.5, 0.6) is 0 Å². The van der Waals surface area contributed by atoms with E-state index in [0.29, 0.717) is 16.8 Å². The average molecular weight is 970 g/mol. The van der Waals surface area contributed by atoms with Crippen LogP contribution in [0.25, 0.3) is 64.7 Å². The standard InChI is InChI=1S/C69H43N7/c1-72-55-20-10-23-58(41-55)75(63-31-28-51-16-4-7-19-54(51)40-63)65-33-35-69-67(44-65)66-43-64(74(57-22-9-13-48(37-57)46-71)62-30-27-50-15-3-6-18-53(50)39-62)32-34-68(66)76(69)60-25-11-24-59(42-60)73(56-21-8-12-47(36-56)45-70)61-29-26-49-14-2-5-17-52(49)38-61/h2-44H. The van der Waals surface area contributed by atoms with Gasteiger partial charge in [0, 0.05) is 67.6 Å². The molecule has 0 saturated carbocycles. The van der Waals surface area contributed by atoms with Crippen molar-refractivity contribution >= 4 is 111 Å². The molecule has 13 rings (SSSR count). The van der Waals surface area contributed by atoms with Crippen molar-refractivity contribution in [2.24, 2.45) is 0 Å². The van der Waals surface area contributed by atoms with Crippen molar-refractivity contribution in [2.75, 3.05) is 14.7 Å². The molecule has 76 heavy (non-hydrogen) atoms. The van der Waals surface area contributed by atoms with Crippen LogP contribution in [-0.2, 0) is 0 Å². The molecule has 0 aliphatic rings. The van der Waals surface area contributed by atoms with Crippen LogP contribution in [-0.4, -0.2) is 4.57 Å². The Balaban J connectivity index is 1.06. The predicted octanol–water partition coefficient (Wildman–Crippen LogP) is 18.9. The lowest BCUT2D eigenvalue weighted by Crippen LogP contribution is -2.11. The highest BCUT2D eigenvalue weighted by Gasteiger charge is 2.22. The van der Waals surface area contributed by atoms with Crippen molar-refractivity contribution in [3.05, 3.63) is 283 Å². The molecule has 1 heterocycles. The molecule has 0 spiro atoms. The Labute approximate surface area is 439 Å². The molecule has 0 radical (unpaired) electrons. The van der Waals surface area contributed by atoms with Gasteiger partial charge in [0.2, 0.25) is 0 Å². The van der Waals surface area contributed by atoms with Crippen LogP contribution in [0.3, 0.4) is 0 Å². The molecular formula is C69H43N7. The maximum Gasteiger partial charge on any atom is 0.189 e.